The number of nitrogens with zero attached hydrogens (tertiary/aromatic N) is 2. The van der Waals surface area contributed by atoms with Gasteiger partial charge in [0, 0.05) is 16.3 Å². The van der Waals surface area contributed by atoms with Gasteiger partial charge in [-0.1, -0.05) is 17.4 Å². The summed E-state index contributed by atoms with van der Waals surface area (Å²) in [7, 11) is 0. The van der Waals surface area contributed by atoms with Gasteiger partial charge in [-0.2, -0.15) is 0 Å². The van der Waals surface area contributed by atoms with Crippen molar-refractivity contribution in [3.8, 4) is 0 Å². The maximum atomic E-state index is 12.9. The Morgan fingerprint density at radius 3 is 2.61 bits per heavy atom. The average molecular weight is 417 g/mol. The zero-order valence-corrected chi connectivity index (χ0v) is 16.4. The first-order chi connectivity index (χ1) is 13.5. The van der Waals surface area contributed by atoms with E-state index in [1.54, 1.807) is 17.8 Å². The highest BCUT2D eigenvalue weighted by Crippen LogP contribution is 2.19. The van der Waals surface area contributed by atoms with Crippen molar-refractivity contribution in [1.82, 2.24) is 15.5 Å². The summed E-state index contributed by atoms with van der Waals surface area (Å²) < 4.78 is 12.9. The number of amides is 3. The molecule has 144 valence electrons. The maximum absolute atomic E-state index is 12.9. The second kappa shape index (κ2) is 9.29. The van der Waals surface area contributed by atoms with Gasteiger partial charge in [0.25, 0.3) is 5.91 Å². The molecule has 3 N–H and O–H groups in total. The highest BCUT2D eigenvalue weighted by Gasteiger charge is 2.14. The van der Waals surface area contributed by atoms with Gasteiger partial charge < -0.3 is 16.0 Å². The molecule has 0 aliphatic rings. The number of aromatic nitrogens is 2. The van der Waals surface area contributed by atoms with Gasteiger partial charge in [0.1, 0.15) is 10.8 Å². The van der Waals surface area contributed by atoms with Crippen molar-refractivity contribution < 1.29 is 14.0 Å². The van der Waals surface area contributed by atoms with Gasteiger partial charge in [0.05, 0.1) is 6.54 Å². The van der Waals surface area contributed by atoms with Crippen LogP contribution in [-0.2, 0) is 6.54 Å². The summed E-state index contributed by atoms with van der Waals surface area (Å²) >= 11 is 2.65. The molecule has 3 rings (SSSR count). The number of carbonyl (C=O) groups is 2. The van der Waals surface area contributed by atoms with Crippen LogP contribution in [0.1, 0.15) is 14.8 Å². The second-order valence-corrected chi connectivity index (χ2v) is 7.44. The highest BCUT2D eigenvalue weighted by molar-refractivity contribution is 7.98. The SMILES string of the molecule is CSc1cccc(NC(=O)NCc2nnc(C(=O)Nc3ccc(F)cc3)s2)c1. The summed E-state index contributed by atoms with van der Waals surface area (Å²) in [4.78, 5) is 25.2. The first-order valence-electron chi connectivity index (χ1n) is 8.11. The fourth-order valence-electron chi connectivity index (χ4n) is 2.17. The number of hydrogen-bond donors (Lipinski definition) is 3. The normalized spacial score (nSPS) is 10.4. The molecule has 10 heteroatoms. The van der Waals surface area contributed by atoms with Crippen LogP contribution in [0.4, 0.5) is 20.6 Å². The minimum Gasteiger partial charge on any atom is -0.331 e. The molecule has 0 aliphatic carbocycles. The molecule has 0 aliphatic heterocycles. The van der Waals surface area contributed by atoms with Crippen molar-refractivity contribution in [3.05, 3.63) is 64.4 Å². The number of urea groups is 1. The molecule has 0 spiro atoms. The molecule has 7 nitrogen and oxygen atoms in total. The van der Waals surface area contributed by atoms with Gasteiger partial charge in [-0.25, -0.2) is 9.18 Å². The summed E-state index contributed by atoms with van der Waals surface area (Å²) in [5.74, 6) is -0.839. The molecule has 0 atom stereocenters. The van der Waals surface area contributed by atoms with E-state index in [4.69, 9.17) is 0 Å². The predicted octanol–water partition coefficient (Wildman–Crippen LogP) is 3.97. The van der Waals surface area contributed by atoms with Crippen molar-refractivity contribution in [2.24, 2.45) is 0 Å². The quantitative estimate of drug-likeness (QED) is 0.528. The lowest BCUT2D eigenvalue weighted by atomic mass is 10.3. The number of hydrogen-bond acceptors (Lipinski definition) is 6. The average Bonchev–Trinajstić information content (AvgIpc) is 3.17. The largest absolute Gasteiger partial charge is 0.331 e. The Labute approximate surface area is 168 Å². The number of halogens is 1. The van der Waals surface area contributed by atoms with Gasteiger partial charge in [0.2, 0.25) is 5.01 Å². The van der Waals surface area contributed by atoms with E-state index >= 15 is 0 Å². The van der Waals surface area contributed by atoms with Crippen LogP contribution in [0, 0.1) is 5.82 Å². The molecule has 0 radical (unpaired) electrons. The lowest BCUT2D eigenvalue weighted by molar-refractivity contribution is 0.102. The molecule has 0 unspecified atom stereocenters. The van der Waals surface area contributed by atoms with Crippen LogP contribution in [0.2, 0.25) is 0 Å². The monoisotopic (exact) mass is 417 g/mol. The minimum absolute atomic E-state index is 0.134. The second-order valence-electron chi connectivity index (χ2n) is 5.50. The summed E-state index contributed by atoms with van der Waals surface area (Å²) in [5.41, 5.74) is 1.13. The maximum Gasteiger partial charge on any atom is 0.319 e. The molecule has 0 bridgehead atoms. The Morgan fingerprint density at radius 1 is 1.07 bits per heavy atom. The minimum atomic E-state index is -0.450. The van der Waals surface area contributed by atoms with E-state index in [2.05, 4.69) is 26.1 Å². The first kappa shape index (κ1) is 19.8. The van der Waals surface area contributed by atoms with Crippen LogP contribution in [0.25, 0.3) is 0 Å². The molecular formula is C18H16FN5O2S2. The van der Waals surface area contributed by atoms with Crippen LogP contribution in [0.3, 0.4) is 0 Å². The Kier molecular flexibility index (Phi) is 6.56. The molecule has 28 heavy (non-hydrogen) atoms. The van der Waals surface area contributed by atoms with Gasteiger partial charge in [-0.05, 0) is 48.7 Å². The van der Waals surface area contributed by atoms with E-state index in [0.717, 1.165) is 16.2 Å². The zero-order valence-electron chi connectivity index (χ0n) is 14.7. The van der Waals surface area contributed by atoms with E-state index in [1.807, 2.05) is 24.5 Å². The van der Waals surface area contributed by atoms with E-state index < -0.39 is 5.91 Å². The fourth-order valence-corrected chi connectivity index (χ4v) is 3.30. The topological polar surface area (TPSA) is 96.0 Å². The third-order valence-electron chi connectivity index (χ3n) is 3.49. The summed E-state index contributed by atoms with van der Waals surface area (Å²) in [5, 5.41) is 16.4. The molecule has 1 aromatic heterocycles. The lowest BCUT2D eigenvalue weighted by Crippen LogP contribution is -2.28. The molecular weight excluding hydrogens is 401 g/mol. The fraction of sp³-hybridized carbons (Fsp3) is 0.111. The lowest BCUT2D eigenvalue weighted by Gasteiger charge is -2.07. The third kappa shape index (κ3) is 5.51. The van der Waals surface area contributed by atoms with Crippen molar-refractivity contribution in [1.29, 1.82) is 0 Å². The van der Waals surface area contributed by atoms with E-state index in [1.165, 1.54) is 24.3 Å². The smallest absolute Gasteiger partial charge is 0.319 e. The Balaban J connectivity index is 1.51. The standard InChI is InChI=1S/C18H16FN5O2S2/c1-27-14-4-2-3-13(9-14)22-18(26)20-10-15-23-24-17(28-15)16(25)21-12-7-5-11(19)6-8-12/h2-9H,10H2,1H3,(H,21,25)(H2,20,22,26). The van der Waals surface area contributed by atoms with Gasteiger partial charge in [-0.15, -0.1) is 22.0 Å². The molecule has 0 saturated carbocycles. The zero-order chi connectivity index (χ0) is 19.9. The van der Waals surface area contributed by atoms with E-state index in [-0.39, 0.29) is 23.4 Å². The number of nitrogens with one attached hydrogen (secondary N) is 3. The van der Waals surface area contributed by atoms with Crippen LogP contribution in [0.5, 0.6) is 0 Å². The third-order valence-corrected chi connectivity index (χ3v) is 5.14. The number of anilines is 2. The predicted molar refractivity (Wildman–Crippen MR) is 108 cm³/mol. The number of rotatable bonds is 6. The molecule has 3 amide bonds. The van der Waals surface area contributed by atoms with E-state index in [0.29, 0.717) is 16.4 Å². The number of thioether (sulfide) groups is 1. The molecule has 1 heterocycles. The van der Waals surface area contributed by atoms with E-state index in [9.17, 15) is 14.0 Å². The summed E-state index contributed by atoms with van der Waals surface area (Å²) in [6.07, 6.45) is 1.96. The molecule has 3 aromatic rings. The molecule has 0 saturated heterocycles. The van der Waals surface area contributed by atoms with Crippen molar-refractivity contribution in [2.75, 3.05) is 16.9 Å². The molecule has 2 aromatic carbocycles. The van der Waals surface area contributed by atoms with Crippen molar-refractivity contribution in [3.63, 3.8) is 0 Å². The first-order valence-corrected chi connectivity index (χ1v) is 10.2. The molecule has 0 fully saturated rings. The number of carbonyl (C=O) groups excluding carboxylic acids is 2. The van der Waals surface area contributed by atoms with Gasteiger partial charge in [0.15, 0.2) is 0 Å². The van der Waals surface area contributed by atoms with Gasteiger partial charge >= 0.3 is 6.03 Å². The summed E-state index contributed by atoms with van der Waals surface area (Å²) in [6.45, 7) is 0.134. The van der Waals surface area contributed by atoms with Crippen LogP contribution in [0.15, 0.2) is 53.4 Å². The Hall–Kier alpha value is -2.98. The Bertz CT molecular complexity index is 978. The van der Waals surface area contributed by atoms with Crippen molar-refractivity contribution in [2.45, 2.75) is 11.4 Å². The summed E-state index contributed by atoms with van der Waals surface area (Å²) in [6, 6.07) is 12.5. The number of benzene rings is 2. The van der Waals surface area contributed by atoms with Gasteiger partial charge in [-0.3, -0.25) is 4.79 Å². The van der Waals surface area contributed by atoms with Crippen molar-refractivity contribution >= 4 is 46.4 Å². The Morgan fingerprint density at radius 2 is 1.86 bits per heavy atom. The highest BCUT2D eigenvalue weighted by atomic mass is 32.2. The van der Waals surface area contributed by atoms with Crippen LogP contribution >= 0.6 is 23.1 Å². The van der Waals surface area contributed by atoms with Crippen LogP contribution < -0.4 is 16.0 Å². The van der Waals surface area contributed by atoms with Crippen LogP contribution in [-0.4, -0.2) is 28.4 Å².